The molecule has 0 bridgehead atoms. The maximum absolute atomic E-state index is 12.5. The van der Waals surface area contributed by atoms with E-state index in [2.05, 4.69) is 15.6 Å². The Kier molecular flexibility index (Phi) is 4.88. The number of anilines is 1. The second-order valence-corrected chi connectivity index (χ2v) is 6.14. The molecule has 0 spiro atoms. The molecule has 2 aromatic carbocycles. The molecule has 4 rings (SSSR count). The lowest BCUT2D eigenvalue weighted by atomic mass is 10.1. The van der Waals surface area contributed by atoms with E-state index in [9.17, 15) is 9.59 Å². The first kappa shape index (κ1) is 17.5. The highest BCUT2D eigenvalue weighted by atomic mass is 16.7. The molecular weight excluding hydrogens is 358 g/mol. The molecule has 1 aliphatic rings. The fourth-order valence-corrected chi connectivity index (χ4v) is 2.76. The number of hydrogen-bond donors (Lipinski definition) is 2. The molecule has 0 saturated heterocycles. The van der Waals surface area contributed by atoms with E-state index in [1.807, 2.05) is 12.1 Å². The largest absolute Gasteiger partial charge is 0.454 e. The van der Waals surface area contributed by atoms with Crippen LogP contribution in [-0.2, 0) is 6.54 Å². The molecule has 3 aromatic rings. The second kappa shape index (κ2) is 7.79. The van der Waals surface area contributed by atoms with Crippen LogP contribution in [0.4, 0.5) is 5.69 Å². The lowest BCUT2D eigenvalue weighted by Gasteiger charge is -2.09. The van der Waals surface area contributed by atoms with E-state index >= 15 is 0 Å². The van der Waals surface area contributed by atoms with Crippen LogP contribution >= 0.6 is 0 Å². The molecule has 0 radical (unpaired) electrons. The number of hydrogen-bond acceptors (Lipinski definition) is 5. The Morgan fingerprint density at radius 1 is 0.893 bits per heavy atom. The third-order valence-electron chi connectivity index (χ3n) is 4.22. The summed E-state index contributed by atoms with van der Waals surface area (Å²) in [5.74, 6) is 0.657. The summed E-state index contributed by atoms with van der Waals surface area (Å²) in [5, 5.41) is 5.63. The number of ether oxygens (including phenoxy) is 2. The fraction of sp³-hybridized carbons (Fsp3) is 0.0952. The van der Waals surface area contributed by atoms with Gasteiger partial charge in [-0.15, -0.1) is 0 Å². The minimum Gasteiger partial charge on any atom is -0.454 e. The van der Waals surface area contributed by atoms with Crippen molar-refractivity contribution in [1.82, 2.24) is 10.3 Å². The Labute approximate surface area is 161 Å². The number of nitrogens with one attached hydrogen (secondary N) is 2. The Bertz CT molecular complexity index is 1020. The van der Waals surface area contributed by atoms with Crippen LogP contribution in [0.3, 0.4) is 0 Å². The molecule has 1 aromatic heterocycles. The summed E-state index contributed by atoms with van der Waals surface area (Å²) in [6.45, 7) is 0.554. The molecule has 1 aliphatic heterocycles. The van der Waals surface area contributed by atoms with Crippen LogP contribution in [0.15, 0.2) is 67.0 Å². The van der Waals surface area contributed by atoms with E-state index in [1.165, 1.54) is 0 Å². The molecule has 7 heteroatoms. The van der Waals surface area contributed by atoms with E-state index in [0.29, 0.717) is 34.9 Å². The van der Waals surface area contributed by atoms with Crippen LogP contribution in [0, 0.1) is 0 Å². The number of fused-ring (bicyclic) bond motifs is 1. The SMILES string of the molecule is O=C(NCc1ccncc1)c1cccc(C(=O)Nc2ccc3c(c2)OCO3)c1. The molecule has 2 amide bonds. The minimum absolute atomic E-state index is 0.170. The first-order valence-corrected chi connectivity index (χ1v) is 8.67. The minimum atomic E-state index is -0.317. The number of amides is 2. The van der Waals surface area contributed by atoms with Gasteiger partial charge >= 0.3 is 0 Å². The zero-order valence-electron chi connectivity index (χ0n) is 14.8. The van der Waals surface area contributed by atoms with Gasteiger partial charge in [0.25, 0.3) is 11.8 Å². The van der Waals surface area contributed by atoms with Crippen LogP contribution in [0.2, 0.25) is 0 Å². The van der Waals surface area contributed by atoms with E-state index in [-0.39, 0.29) is 18.6 Å². The van der Waals surface area contributed by atoms with Crippen molar-refractivity contribution >= 4 is 17.5 Å². The van der Waals surface area contributed by atoms with Gasteiger partial charge in [-0.05, 0) is 48.0 Å². The average Bonchev–Trinajstić information content (AvgIpc) is 3.21. The van der Waals surface area contributed by atoms with Crippen LogP contribution in [-0.4, -0.2) is 23.6 Å². The molecular formula is C21H17N3O4. The Morgan fingerprint density at radius 2 is 1.64 bits per heavy atom. The monoisotopic (exact) mass is 375 g/mol. The van der Waals surface area contributed by atoms with Crippen LogP contribution in [0.5, 0.6) is 11.5 Å². The molecule has 28 heavy (non-hydrogen) atoms. The predicted molar refractivity (Wildman–Crippen MR) is 102 cm³/mol. The van der Waals surface area contributed by atoms with Gasteiger partial charge in [-0.2, -0.15) is 0 Å². The highest BCUT2D eigenvalue weighted by Crippen LogP contribution is 2.34. The van der Waals surface area contributed by atoms with Gasteiger partial charge in [-0.25, -0.2) is 0 Å². The molecule has 0 unspecified atom stereocenters. The Morgan fingerprint density at radius 3 is 2.46 bits per heavy atom. The quantitative estimate of drug-likeness (QED) is 0.716. The van der Waals surface area contributed by atoms with Crippen molar-refractivity contribution in [3.05, 3.63) is 83.7 Å². The zero-order chi connectivity index (χ0) is 19.3. The van der Waals surface area contributed by atoms with Crippen molar-refractivity contribution in [3.8, 4) is 11.5 Å². The third kappa shape index (κ3) is 3.93. The lowest BCUT2D eigenvalue weighted by Crippen LogP contribution is -2.23. The van der Waals surface area contributed by atoms with Crippen LogP contribution in [0.25, 0.3) is 0 Å². The highest BCUT2D eigenvalue weighted by Gasteiger charge is 2.15. The topological polar surface area (TPSA) is 89.6 Å². The summed E-state index contributed by atoms with van der Waals surface area (Å²) in [6, 6.07) is 15.4. The zero-order valence-corrected chi connectivity index (χ0v) is 14.8. The van der Waals surface area contributed by atoms with Crippen molar-refractivity contribution < 1.29 is 19.1 Å². The van der Waals surface area contributed by atoms with Gasteiger partial charge in [0.1, 0.15) is 0 Å². The average molecular weight is 375 g/mol. The van der Waals surface area contributed by atoms with Gasteiger partial charge in [0.15, 0.2) is 11.5 Å². The van der Waals surface area contributed by atoms with Gasteiger partial charge < -0.3 is 20.1 Å². The molecule has 0 aliphatic carbocycles. The van der Waals surface area contributed by atoms with Crippen molar-refractivity contribution in [2.75, 3.05) is 12.1 Å². The number of carbonyl (C=O) groups excluding carboxylic acids is 2. The summed E-state index contributed by atoms with van der Waals surface area (Å²) in [7, 11) is 0. The fourth-order valence-electron chi connectivity index (χ4n) is 2.76. The van der Waals surface area contributed by atoms with Crippen LogP contribution in [0.1, 0.15) is 26.3 Å². The van der Waals surface area contributed by atoms with Gasteiger partial charge in [0.05, 0.1) is 0 Å². The second-order valence-electron chi connectivity index (χ2n) is 6.14. The van der Waals surface area contributed by atoms with Gasteiger partial charge in [-0.3, -0.25) is 14.6 Å². The molecule has 0 saturated carbocycles. The number of aromatic nitrogens is 1. The maximum Gasteiger partial charge on any atom is 0.255 e. The number of pyridine rings is 1. The smallest absolute Gasteiger partial charge is 0.255 e. The molecule has 2 heterocycles. The molecule has 140 valence electrons. The lowest BCUT2D eigenvalue weighted by molar-refractivity contribution is 0.0951. The van der Waals surface area contributed by atoms with E-state index in [1.54, 1.807) is 54.9 Å². The number of nitrogens with zero attached hydrogens (tertiary/aromatic N) is 1. The number of rotatable bonds is 5. The standard InChI is InChI=1S/C21H17N3O4/c25-20(23-12-14-6-8-22-9-7-14)15-2-1-3-16(10-15)21(26)24-17-4-5-18-19(11-17)28-13-27-18/h1-11H,12-13H2,(H,23,25)(H,24,26). The number of benzene rings is 2. The van der Waals surface area contributed by atoms with E-state index < -0.39 is 0 Å². The Hall–Kier alpha value is -3.87. The van der Waals surface area contributed by atoms with E-state index in [4.69, 9.17) is 9.47 Å². The third-order valence-corrected chi connectivity index (χ3v) is 4.22. The first-order valence-electron chi connectivity index (χ1n) is 8.67. The summed E-state index contributed by atoms with van der Waals surface area (Å²) in [4.78, 5) is 28.9. The van der Waals surface area contributed by atoms with Gasteiger partial charge in [-0.1, -0.05) is 6.07 Å². The normalized spacial score (nSPS) is 11.7. The Balaban J connectivity index is 1.42. The van der Waals surface area contributed by atoms with Crippen LogP contribution < -0.4 is 20.1 Å². The molecule has 2 N–H and O–H groups in total. The first-order chi connectivity index (χ1) is 13.7. The summed E-state index contributed by atoms with van der Waals surface area (Å²) in [6.07, 6.45) is 3.34. The summed E-state index contributed by atoms with van der Waals surface area (Å²) in [5.41, 5.74) is 2.32. The maximum atomic E-state index is 12.5. The van der Waals surface area contributed by atoms with Crippen molar-refractivity contribution in [1.29, 1.82) is 0 Å². The van der Waals surface area contributed by atoms with Crippen molar-refractivity contribution in [2.45, 2.75) is 6.54 Å². The van der Waals surface area contributed by atoms with Crippen molar-refractivity contribution in [2.24, 2.45) is 0 Å². The van der Waals surface area contributed by atoms with E-state index in [0.717, 1.165) is 5.56 Å². The molecule has 7 nitrogen and oxygen atoms in total. The molecule has 0 fully saturated rings. The summed E-state index contributed by atoms with van der Waals surface area (Å²) < 4.78 is 10.6. The number of carbonyl (C=O) groups is 2. The van der Waals surface area contributed by atoms with Crippen molar-refractivity contribution in [3.63, 3.8) is 0 Å². The molecule has 0 atom stereocenters. The summed E-state index contributed by atoms with van der Waals surface area (Å²) >= 11 is 0. The van der Waals surface area contributed by atoms with Gasteiger partial charge in [0.2, 0.25) is 6.79 Å². The van der Waals surface area contributed by atoms with Gasteiger partial charge in [0, 0.05) is 41.8 Å². The predicted octanol–water partition coefficient (Wildman–Crippen LogP) is 2.99. The highest BCUT2D eigenvalue weighted by molar-refractivity contribution is 6.06.